The maximum Gasteiger partial charge on any atom is 0.115 e. The minimum absolute atomic E-state index is 0.218. The van der Waals surface area contributed by atoms with Crippen molar-refractivity contribution in [3.05, 3.63) is 77.9 Å². The summed E-state index contributed by atoms with van der Waals surface area (Å²) in [5.41, 5.74) is 2.42. The molecule has 0 bridgehead atoms. The molecule has 0 atom stereocenters. The summed E-state index contributed by atoms with van der Waals surface area (Å²) in [7, 11) is 0. The van der Waals surface area contributed by atoms with Crippen LogP contribution in [0.4, 0.5) is 0 Å². The minimum Gasteiger partial charge on any atom is -0.508 e. The summed E-state index contributed by atoms with van der Waals surface area (Å²) in [6.45, 7) is 0. The van der Waals surface area contributed by atoms with Crippen LogP contribution in [0.5, 0.6) is 5.75 Å². The first kappa shape index (κ1) is 13.0. The second-order valence-corrected chi connectivity index (χ2v) is 4.79. The molecule has 21 heavy (non-hydrogen) atoms. The zero-order chi connectivity index (χ0) is 14.7. The van der Waals surface area contributed by atoms with Crippen molar-refractivity contribution < 1.29 is 5.11 Å². The number of fused-ring (bicyclic) bond motifs is 1. The third-order valence-electron chi connectivity index (χ3n) is 3.40. The number of benzene rings is 3. The molecule has 0 spiro atoms. The van der Waals surface area contributed by atoms with Gasteiger partial charge in [0.1, 0.15) is 5.75 Å². The fourth-order valence-corrected chi connectivity index (χ4v) is 2.37. The van der Waals surface area contributed by atoms with E-state index in [4.69, 9.17) is 0 Å². The standard InChI is InChI=1S/C19H13NO/c20-13-16(12-14-8-10-17(21)11-9-14)19-7-3-5-15-4-1-2-6-18(15)19/h1-12,21H/b16-12-. The number of aromatic hydroxyl groups is 1. The number of hydrogen-bond acceptors (Lipinski definition) is 2. The fraction of sp³-hybridized carbons (Fsp3) is 0. The SMILES string of the molecule is N#C/C(=C/c1ccc(O)cc1)c1cccc2ccccc12. The number of nitrogens with zero attached hydrogens (tertiary/aromatic N) is 1. The Morgan fingerprint density at radius 3 is 2.38 bits per heavy atom. The number of allylic oxidation sites excluding steroid dienone is 1. The summed E-state index contributed by atoms with van der Waals surface area (Å²) in [6.07, 6.45) is 1.83. The Hall–Kier alpha value is -3.05. The number of phenols is 1. The topological polar surface area (TPSA) is 44.0 Å². The lowest BCUT2D eigenvalue weighted by atomic mass is 9.97. The first-order valence-corrected chi connectivity index (χ1v) is 6.67. The predicted molar refractivity (Wildman–Crippen MR) is 85.5 cm³/mol. The molecule has 0 radical (unpaired) electrons. The van der Waals surface area contributed by atoms with Crippen molar-refractivity contribution in [1.29, 1.82) is 5.26 Å². The highest BCUT2D eigenvalue weighted by Crippen LogP contribution is 2.26. The van der Waals surface area contributed by atoms with Crippen LogP contribution in [-0.4, -0.2) is 5.11 Å². The lowest BCUT2D eigenvalue weighted by molar-refractivity contribution is 0.475. The van der Waals surface area contributed by atoms with Crippen molar-refractivity contribution >= 4 is 22.4 Å². The van der Waals surface area contributed by atoms with E-state index in [1.165, 1.54) is 0 Å². The first-order chi connectivity index (χ1) is 10.3. The van der Waals surface area contributed by atoms with Crippen molar-refractivity contribution in [3.8, 4) is 11.8 Å². The monoisotopic (exact) mass is 271 g/mol. The van der Waals surface area contributed by atoms with Crippen LogP contribution in [0.2, 0.25) is 0 Å². The van der Waals surface area contributed by atoms with E-state index in [0.717, 1.165) is 21.9 Å². The molecule has 0 unspecified atom stereocenters. The molecule has 1 N–H and O–H groups in total. The summed E-state index contributed by atoms with van der Waals surface area (Å²) in [5, 5.41) is 21.0. The number of rotatable bonds is 2. The van der Waals surface area contributed by atoms with Crippen molar-refractivity contribution in [1.82, 2.24) is 0 Å². The highest BCUT2D eigenvalue weighted by Gasteiger charge is 2.05. The van der Waals surface area contributed by atoms with E-state index in [2.05, 4.69) is 6.07 Å². The second-order valence-electron chi connectivity index (χ2n) is 4.79. The smallest absolute Gasteiger partial charge is 0.115 e. The van der Waals surface area contributed by atoms with Crippen molar-refractivity contribution in [3.63, 3.8) is 0 Å². The minimum atomic E-state index is 0.218. The summed E-state index contributed by atoms with van der Waals surface area (Å²) >= 11 is 0. The van der Waals surface area contributed by atoms with Crippen LogP contribution >= 0.6 is 0 Å². The number of hydrogen-bond donors (Lipinski definition) is 1. The molecule has 0 saturated heterocycles. The Morgan fingerprint density at radius 1 is 0.905 bits per heavy atom. The molecular formula is C19H13NO. The van der Waals surface area contributed by atoms with Gasteiger partial charge < -0.3 is 5.11 Å². The molecule has 0 amide bonds. The Labute approximate surface area is 123 Å². The van der Waals surface area contributed by atoms with Crippen LogP contribution in [-0.2, 0) is 0 Å². The molecule has 2 heteroatoms. The third-order valence-corrected chi connectivity index (χ3v) is 3.40. The van der Waals surface area contributed by atoms with Crippen LogP contribution in [0, 0.1) is 11.3 Å². The summed E-state index contributed by atoms with van der Waals surface area (Å²) in [4.78, 5) is 0. The van der Waals surface area contributed by atoms with Crippen LogP contribution in [0.1, 0.15) is 11.1 Å². The van der Waals surface area contributed by atoms with Gasteiger partial charge in [-0.25, -0.2) is 0 Å². The second kappa shape index (κ2) is 5.52. The van der Waals surface area contributed by atoms with E-state index in [-0.39, 0.29) is 5.75 Å². The highest BCUT2D eigenvalue weighted by molar-refractivity contribution is 6.01. The van der Waals surface area contributed by atoms with Gasteiger partial charge >= 0.3 is 0 Å². The van der Waals surface area contributed by atoms with Crippen molar-refractivity contribution in [2.45, 2.75) is 0 Å². The zero-order valence-corrected chi connectivity index (χ0v) is 11.3. The Bertz CT molecular complexity index is 849. The average Bonchev–Trinajstić information content (AvgIpc) is 2.54. The molecule has 0 saturated carbocycles. The van der Waals surface area contributed by atoms with Gasteiger partial charge in [-0.2, -0.15) is 5.26 Å². The van der Waals surface area contributed by atoms with Crippen LogP contribution in [0.3, 0.4) is 0 Å². The summed E-state index contributed by atoms with van der Waals surface area (Å²) in [5.74, 6) is 0.218. The zero-order valence-electron chi connectivity index (χ0n) is 11.3. The maximum absolute atomic E-state index is 9.49. The van der Waals surface area contributed by atoms with E-state index in [0.29, 0.717) is 5.57 Å². The molecule has 0 heterocycles. The molecule has 3 aromatic carbocycles. The van der Waals surface area contributed by atoms with Gasteiger partial charge in [0.05, 0.1) is 11.6 Å². The predicted octanol–water partition coefficient (Wildman–Crippen LogP) is 4.61. The van der Waals surface area contributed by atoms with Gasteiger partial charge in [0, 0.05) is 5.56 Å². The summed E-state index contributed by atoms with van der Waals surface area (Å²) in [6, 6.07) is 23.0. The van der Waals surface area contributed by atoms with Crippen LogP contribution in [0.25, 0.3) is 22.4 Å². The van der Waals surface area contributed by atoms with Crippen LogP contribution < -0.4 is 0 Å². The number of nitriles is 1. The summed E-state index contributed by atoms with van der Waals surface area (Å²) < 4.78 is 0. The lowest BCUT2D eigenvalue weighted by Crippen LogP contribution is -1.85. The van der Waals surface area contributed by atoms with Crippen molar-refractivity contribution in [2.24, 2.45) is 0 Å². The molecule has 0 aliphatic rings. The lowest BCUT2D eigenvalue weighted by Gasteiger charge is -2.05. The largest absolute Gasteiger partial charge is 0.508 e. The van der Waals surface area contributed by atoms with E-state index in [1.807, 2.05) is 48.5 Å². The molecule has 0 aliphatic carbocycles. The van der Waals surface area contributed by atoms with Crippen molar-refractivity contribution in [2.75, 3.05) is 0 Å². The molecule has 0 fully saturated rings. The van der Waals surface area contributed by atoms with Gasteiger partial charge in [-0.1, -0.05) is 54.6 Å². The maximum atomic E-state index is 9.49. The molecule has 2 nitrogen and oxygen atoms in total. The highest BCUT2D eigenvalue weighted by atomic mass is 16.3. The van der Waals surface area contributed by atoms with E-state index < -0.39 is 0 Å². The van der Waals surface area contributed by atoms with Gasteiger partial charge in [-0.15, -0.1) is 0 Å². The Balaban J connectivity index is 2.15. The Kier molecular flexibility index (Phi) is 3.41. The first-order valence-electron chi connectivity index (χ1n) is 6.67. The normalized spacial score (nSPS) is 11.3. The van der Waals surface area contributed by atoms with E-state index >= 15 is 0 Å². The average molecular weight is 271 g/mol. The molecular weight excluding hydrogens is 258 g/mol. The van der Waals surface area contributed by atoms with E-state index in [1.54, 1.807) is 24.3 Å². The fourth-order valence-electron chi connectivity index (χ4n) is 2.37. The molecule has 0 aromatic heterocycles. The van der Waals surface area contributed by atoms with Gasteiger partial charge in [0.25, 0.3) is 0 Å². The Morgan fingerprint density at radius 2 is 1.62 bits per heavy atom. The molecule has 0 aliphatic heterocycles. The third kappa shape index (κ3) is 2.63. The van der Waals surface area contributed by atoms with Gasteiger partial charge in [-0.05, 0) is 34.5 Å². The van der Waals surface area contributed by atoms with Crippen LogP contribution in [0.15, 0.2) is 66.7 Å². The van der Waals surface area contributed by atoms with Gasteiger partial charge in [0.2, 0.25) is 0 Å². The van der Waals surface area contributed by atoms with E-state index in [9.17, 15) is 10.4 Å². The molecule has 3 aromatic rings. The quantitative estimate of drug-likeness (QED) is 0.546. The van der Waals surface area contributed by atoms with Gasteiger partial charge in [-0.3, -0.25) is 0 Å². The van der Waals surface area contributed by atoms with Gasteiger partial charge in [0.15, 0.2) is 0 Å². The molecule has 100 valence electrons. The number of phenolic OH excluding ortho intramolecular Hbond substituents is 1. The molecule has 3 rings (SSSR count).